The van der Waals surface area contributed by atoms with E-state index >= 15 is 0 Å². The fourth-order valence-corrected chi connectivity index (χ4v) is 3.03. The van der Waals surface area contributed by atoms with Crippen LogP contribution in [0.15, 0.2) is 24.3 Å². The highest BCUT2D eigenvalue weighted by atomic mass is 15.1. The first-order valence-corrected chi connectivity index (χ1v) is 7.52. The summed E-state index contributed by atoms with van der Waals surface area (Å²) in [5.41, 5.74) is 2.79. The number of hydrogen-bond donors (Lipinski definition) is 0. The van der Waals surface area contributed by atoms with Crippen LogP contribution < -0.4 is 4.90 Å². The molecule has 100 valence electrons. The summed E-state index contributed by atoms with van der Waals surface area (Å²) in [5.74, 6) is 1.03. The van der Waals surface area contributed by atoms with Crippen LogP contribution in [0.25, 0.3) is 0 Å². The second kappa shape index (κ2) is 6.82. The molecule has 0 N–H and O–H groups in total. The van der Waals surface area contributed by atoms with Crippen LogP contribution in [0.4, 0.5) is 5.69 Å². The number of nitrogens with zero attached hydrogens (tertiary/aromatic N) is 1. The zero-order valence-electron chi connectivity index (χ0n) is 12.0. The number of benzene rings is 1. The molecule has 1 saturated carbocycles. The average Bonchev–Trinajstić information content (AvgIpc) is 2.40. The van der Waals surface area contributed by atoms with Gasteiger partial charge in [0.05, 0.1) is 0 Å². The van der Waals surface area contributed by atoms with Gasteiger partial charge in [-0.25, -0.2) is 0 Å². The minimum absolute atomic E-state index is 1.03. The van der Waals surface area contributed by atoms with Crippen molar-refractivity contribution in [1.29, 1.82) is 0 Å². The summed E-state index contributed by atoms with van der Waals surface area (Å²) in [5, 5.41) is 0. The van der Waals surface area contributed by atoms with Crippen molar-refractivity contribution in [3.8, 4) is 0 Å². The first-order valence-electron chi connectivity index (χ1n) is 7.52. The van der Waals surface area contributed by atoms with Crippen molar-refractivity contribution < 1.29 is 0 Å². The molecule has 1 aliphatic rings. The van der Waals surface area contributed by atoms with Crippen molar-refractivity contribution in [3.05, 3.63) is 29.8 Å². The van der Waals surface area contributed by atoms with Gasteiger partial charge in [-0.15, -0.1) is 0 Å². The van der Waals surface area contributed by atoms with Crippen LogP contribution in [-0.2, 0) is 6.42 Å². The second-order valence-electron chi connectivity index (χ2n) is 5.96. The van der Waals surface area contributed by atoms with Crippen LogP contribution in [0.1, 0.15) is 50.5 Å². The molecule has 0 saturated heterocycles. The molecule has 1 nitrogen and oxygen atoms in total. The second-order valence-corrected chi connectivity index (χ2v) is 5.96. The number of aryl methyl sites for hydroxylation is 1. The molecule has 0 bridgehead atoms. The quantitative estimate of drug-likeness (QED) is 0.729. The topological polar surface area (TPSA) is 3.24 Å². The highest BCUT2D eigenvalue weighted by Gasteiger charge is 2.12. The lowest BCUT2D eigenvalue weighted by Gasteiger charge is -2.21. The summed E-state index contributed by atoms with van der Waals surface area (Å²) >= 11 is 0. The number of rotatable bonds is 5. The van der Waals surface area contributed by atoms with E-state index in [1.54, 1.807) is 0 Å². The predicted octanol–water partition coefficient (Wildman–Crippen LogP) is 4.66. The highest BCUT2D eigenvalue weighted by molar-refractivity contribution is 5.45. The van der Waals surface area contributed by atoms with Gasteiger partial charge in [-0.1, -0.05) is 50.7 Å². The first kappa shape index (κ1) is 13.5. The minimum Gasteiger partial charge on any atom is -0.378 e. The van der Waals surface area contributed by atoms with E-state index in [1.165, 1.54) is 62.6 Å². The molecule has 18 heavy (non-hydrogen) atoms. The molecule has 1 heteroatoms. The predicted molar refractivity (Wildman–Crippen MR) is 80.3 cm³/mol. The van der Waals surface area contributed by atoms with E-state index < -0.39 is 0 Å². The van der Waals surface area contributed by atoms with Crippen LogP contribution in [0.3, 0.4) is 0 Å². The third-order valence-electron chi connectivity index (χ3n) is 4.26. The van der Waals surface area contributed by atoms with Crippen LogP contribution >= 0.6 is 0 Å². The van der Waals surface area contributed by atoms with Crippen LogP contribution in [-0.4, -0.2) is 14.1 Å². The summed E-state index contributed by atoms with van der Waals surface area (Å²) in [4.78, 5) is 2.16. The van der Waals surface area contributed by atoms with E-state index in [-0.39, 0.29) is 0 Å². The van der Waals surface area contributed by atoms with Crippen molar-refractivity contribution in [3.63, 3.8) is 0 Å². The molecule has 1 aromatic rings. The number of anilines is 1. The van der Waals surface area contributed by atoms with E-state index in [4.69, 9.17) is 0 Å². The van der Waals surface area contributed by atoms with Gasteiger partial charge >= 0.3 is 0 Å². The molecule has 0 aliphatic heterocycles. The Bertz CT molecular complexity index is 333. The van der Waals surface area contributed by atoms with Crippen molar-refractivity contribution in [2.75, 3.05) is 19.0 Å². The van der Waals surface area contributed by atoms with E-state index in [1.807, 2.05) is 0 Å². The van der Waals surface area contributed by atoms with E-state index in [2.05, 4.69) is 43.3 Å². The van der Waals surface area contributed by atoms with Crippen LogP contribution in [0, 0.1) is 5.92 Å². The molecule has 0 spiro atoms. The molecule has 1 aliphatic carbocycles. The molecule has 0 atom stereocenters. The maximum Gasteiger partial charge on any atom is 0.0361 e. The van der Waals surface area contributed by atoms with E-state index in [9.17, 15) is 0 Å². The fourth-order valence-electron chi connectivity index (χ4n) is 3.03. The molecule has 0 unspecified atom stereocenters. The van der Waals surface area contributed by atoms with Gasteiger partial charge in [0.15, 0.2) is 0 Å². The molecule has 1 fully saturated rings. The first-order chi connectivity index (χ1) is 8.75. The zero-order chi connectivity index (χ0) is 12.8. The molecule has 0 aromatic heterocycles. The van der Waals surface area contributed by atoms with Crippen molar-refractivity contribution in [2.45, 2.75) is 51.4 Å². The van der Waals surface area contributed by atoms with Gasteiger partial charge in [0.25, 0.3) is 0 Å². The Hall–Kier alpha value is -0.980. The summed E-state index contributed by atoms with van der Waals surface area (Å²) in [6.45, 7) is 0. The Morgan fingerprint density at radius 2 is 1.67 bits per heavy atom. The van der Waals surface area contributed by atoms with E-state index in [0.29, 0.717) is 0 Å². The lowest BCUT2D eigenvalue weighted by atomic mass is 9.85. The van der Waals surface area contributed by atoms with Crippen LogP contribution in [0.2, 0.25) is 0 Å². The van der Waals surface area contributed by atoms with Gasteiger partial charge in [0.2, 0.25) is 0 Å². The standard InChI is InChI=1S/C17H27N/c1-18(2)17-13-11-16(12-14-17)10-6-9-15-7-4-3-5-8-15/h11-15H,3-10H2,1-2H3. The van der Waals surface area contributed by atoms with Gasteiger partial charge in [0.1, 0.15) is 0 Å². The van der Waals surface area contributed by atoms with Crippen molar-refractivity contribution in [1.82, 2.24) is 0 Å². The third-order valence-corrected chi connectivity index (χ3v) is 4.26. The third kappa shape index (κ3) is 4.04. The molecule has 0 heterocycles. The van der Waals surface area contributed by atoms with Gasteiger partial charge in [0, 0.05) is 19.8 Å². The summed E-state index contributed by atoms with van der Waals surface area (Å²) < 4.78 is 0. The number of hydrogen-bond acceptors (Lipinski definition) is 1. The van der Waals surface area contributed by atoms with Crippen molar-refractivity contribution >= 4 is 5.69 Å². The Labute approximate surface area is 112 Å². The Kier molecular flexibility index (Phi) is 5.10. The van der Waals surface area contributed by atoms with Gasteiger partial charge < -0.3 is 4.90 Å². The van der Waals surface area contributed by atoms with Crippen LogP contribution in [0.5, 0.6) is 0 Å². The van der Waals surface area contributed by atoms with Crippen molar-refractivity contribution in [2.24, 2.45) is 5.92 Å². The molecule has 1 aromatic carbocycles. The maximum atomic E-state index is 2.29. The lowest BCUT2D eigenvalue weighted by molar-refractivity contribution is 0.332. The zero-order valence-corrected chi connectivity index (χ0v) is 12.0. The lowest BCUT2D eigenvalue weighted by Crippen LogP contribution is -2.08. The summed E-state index contributed by atoms with van der Waals surface area (Å²) in [7, 11) is 4.19. The van der Waals surface area contributed by atoms with Gasteiger partial charge in [-0.2, -0.15) is 0 Å². The summed E-state index contributed by atoms with van der Waals surface area (Å²) in [6, 6.07) is 9.04. The highest BCUT2D eigenvalue weighted by Crippen LogP contribution is 2.27. The van der Waals surface area contributed by atoms with Gasteiger partial charge in [-0.3, -0.25) is 0 Å². The average molecular weight is 245 g/mol. The monoisotopic (exact) mass is 245 g/mol. The van der Waals surface area contributed by atoms with E-state index in [0.717, 1.165) is 5.92 Å². The minimum atomic E-state index is 1.03. The molecule has 0 amide bonds. The summed E-state index contributed by atoms with van der Waals surface area (Å²) in [6.07, 6.45) is 11.5. The fraction of sp³-hybridized carbons (Fsp3) is 0.647. The molecule has 2 rings (SSSR count). The Morgan fingerprint density at radius 3 is 2.28 bits per heavy atom. The maximum absolute atomic E-state index is 2.29. The normalized spacial score (nSPS) is 16.8. The Balaban J connectivity index is 1.72. The Morgan fingerprint density at radius 1 is 1.00 bits per heavy atom. The largest absolute Gasteiger partial charge is 0.378 e. The SMILES string of the molecule is CN(C)c1ccc(CCCC2CCCCC2)cc1. The smallest absolute Gasteiger partial charge is 0.0361 e. The molecular weight excluding hydrogens is 218 g/mol. The molecule has 0 radical (unpaired) electrons. The molecular formula is C17H27N. The van der Waals surface area contributed by atoms with Gasteiger partial charge in [-0.05, 0) is 36.5 Å².